The van der Waals surface area contributed by atoms with Crippen molar-refractivity contribution in [3.63, 3.8) is 0 Å². The summed E-state index contributed by atoms with van der Waals surface area (Å²) in [5, 5.41) is 11.2. The molecule has 1 saturated heterocycles. The van der Waals surface area contributed by atoms with E-state index in [0.29, 0.717) is 16.3 Å². The lowest BCUT2D eigenvalue weighted by Gasteiger charge is -2.22. The van der Waals surface area contributed by atoms with Gasteiger partial charge >= 0.3 is 0 Å². The van der Waals surface area contributed by atoms with Gasteiger partial charge in [0.1, 0.15) is 0 Å². The molecule has 3 aromatic rings. The van der Waals surface area contributed by atoms with Crippen molar-refractivity contribution >= 4 is 28.4 Å². The Kier molecular flexibility index (Phi) is 8.55. The number of aromatic amines is 1. The zero-order valence-electron chi connectivity index (χ0n) is 20.4. The minimum absolute atomic E-state index is 0.117. The molecule has 0 aliphatic carbocycles. The molecule has 1 aliphatic rings. The molecular formula is C27H33ClN4O3. The van der Waals surface area contributed by atoms with Gasteiger partial charge in [-0.15, -0.1) is 0 Å². The minimum Gasteiger partial charge on any atom is -0.381 e. The van der Waals surface area contributed by atoms with Gasteiger partial charge < -0.3 is 15.0 Å². The Balaban J connectivity index is 1.61. The minimum atomic E-state index is -0.493. The smallest absolute Gasteiger partial charge is 0.276 e. The summed E-state index contributed by atoms with van der Waals surface area (Å²) in [6, 6.07) is 11.3. The number of hydrogen-bond donors (Lipinski definition) is 2. The number of carbonyl (C=O) groups is 1. The Hall–Kier alpha value is -2.74. The van der Waals surface area contributed by atoms with E-state index in [4.69, 9.17) is 16.3 Å². The Morgan fingerprint density at radius 2 is 1.91 bits per heavy atom. The highest BCUT2D eigenvalue weighted by molar-refractivity contribution is 6.30. The summed E-state index contributed by atoms with van der Waals surface area (Å²) < 4.78 is 5.51. The van der Waals surface area contributed by atoms with Gasteiger partial charge in [-0.3, -0.25) is 14.7 Å². The predicted molar refractivity (Wildman–Crippen MR) is 139 cm³/mol. The maximum absolute atomic E-state index is 13.4. The summed E-state index contributed by atoms with van der Waals surface area (Å²) in [5.74, 6) is 0.0472. The van der Waals surface area contributed by atoms with Crippen LogP contribution in [0.1, 0.15) is 46.4 Å². The van der Waals surface area contributed by atoms with Gasteiger partial charge in [-0.25, -0.2) is 0 Å². The number of nitrogens with one attached hydrogen (secondary N) is 2. The monoisotopic (exact) mass is 496 g/mol. The van der Waals surface area contributed by atoms with Crippen molar-refractivity contribution < 1.29 is 9.53 Å². The Morgan fingerprint density at radius 1 is 1.17 bits per heavy atom. The molecule has 0 atom stereocenters. The van der Waals surface area contributed by atoms with E-state index in [0.717, 1.165) is 74.1 Å². The van der Waals surface area contributed by atoms with Crippen molar-refractivity contribution in [2.24, 2.45) is 5.92 Å². The molecule has 8 heteroatoms. The molecular weight excluding hydrogens is 464 g/mol. The van der Waals surface area contributed by atoms with E-state index in [-0.39, 0.29) is 17.7 Å². The highest BCUT2D eigenvalue weighted by atomic mass is 35.5. The number of ether oxygens (including phenoxy) is 1. The van der Waals surface area contributed by atoms with Crippen LogP contribution in [0, 0.1) is 5.92 Å². The third-order valence-corrected chi connectivity index (χ3v) is 6.77. The zero-order chi connectivity index (χ0) is 24.8. The molecule has 2 N–H and O–H groups in total. The van der Waals surface area contributed by atoms with Crippen LogP contribution in [0.25, 0.3) is 10.9 Å². The fourth-order valence-electron chi connectivity index (χ4n) is 4.58. The van der Waals surface area contributed by atoms with Gasteiger partial charge in [-0.2, -0.15) is 5.10 Å². The van der Waals surface area contributed by atoms with Crippen molar-refractivity contribution in [2.45, 2.75) is 38.6 Å². The fraction of sp³-hybridized carbons (Fsp3) is 0.444. The molecule has 0 radical (unpaired) electrons. The molecule has 0 unspecified atom stereocenters. The van der Waals surface area contributed by atoms with Gasteiger partial charge in [-0.05, 0) is 93.6 Å². The summed E-state index contributed by atoms with van der Waals surface area (Å²) >= 11 is 5.93. The van der Waals surface area contributed by atoms with E-state index < -0.39 is 5.91 Å². The number of benzene rings is 2. The number of aryl methyl sites for hydroxylation is 1. The van der Waals surface area contributed by atoms with E-state index in [2.05, 4.69) is 40.6 Å². The molecule has 35 heavy (non-hydrogen) atoms. The number of nitrogens with zero attached hydrogens (tertiary/aromatic N) is 2. The van der Waals surface area contributed by atoms with Gasteiger partial charge in [0.15, 0.2) is 5.69 Å². The van der Waals surface area contributed by atoms with Crippen molar-refractivity contribution in [1.29, 1.82) is 0 Å². The number of H-pyrrole nitrogens is 1. The molecule has 1 aromatic heterocycles. The van der Waals surface area contributed by atoms with Gasteiger partial charge in [0.05, 0.1) is 10.9 Å². The van der Waals surface area contributed by atoms with Crippen LogP contribution < -0.4 is 10.7 Å². The van der Waals surface area contributed by atoms with E-state index >= 15 is 0 Å². The molecule has 2 aromatic carbocycles. The van der Waals surface area contributed by atoms with Gasteiger partial charge in [0.2, 0.25) is 5.43 Å². The third-order valence-electron chi connectivity index (χ3n) is 6.52. The maximum atomic E-state index is 13.4. The topological polar surface area (TPSA) is 87.3 Å². The van der Waals surface area contributed by atoms with Crippen LogP contribution in [-0.4, -0.2) is 54.9 Å². The number of fused-ring (bicyclic) bond motifs is 1. The molecule has 0 saturated carbocycles. The first kappa shape index (κ1) is 25.4. The van der Waals surface area contributed by atoms with E-state index in [1.807, 2.05) is 18.2 Å². The number of aromatic nitrogens is 2. The Morgan fingerprint density at radius 3 is 2.63 bits per heavy atom. The molecule has 186 valence electrons. The highest BCUT2D eigenvalue weighted by Gasteiger charge is 2.19. The largest absolute Gasteiger partial charge is 0.381 e. The lowest BCUT2D eigenvalue weighted by molar-refractivity contribution is 0.0665. The highest BCUT2D eigenvalue weighted by Crippen LogP contribution is 2.24. The molecule has 4 rings (SSSR count). The van der Waals surface area contributed by atoms with Gasteiger partial charge in [0.25, 0.3) is 5.91 Å². The molecule has 1 fully saturated rings. The number of carbonyl (C=O) groups excluding carboxylic acids is 1. The van der Waals surface area contributed by atoms with Crippen LogP contribution in [-0.2, 0) is 24.1 Å². The van der Waals surface area contributed by atoms with Crippen LogP contribution in [0.3, 0.4) is 0 Å². The molecule has 1 amide bonds. The Labute approximate surface area is 210 Å². The zero-order valence-corrected chi connectivity index (χ0v) is 21.2. The van der Waals surface area contributed by atoms with Crippen LogP contribution in [0.4, 0.5) is 0 Å². The average molecular weight is 497 g/mol. The first-order chi connectivity index (χ1) is 16.9. The summed E-state index contributed by atoms with van der Waals surface area (Å²) in [4.78, 5) is 28.4. The quantitative estimate of drug-likeness (QED) is 0.468. The number of halogens is 1. The van der Waals surface area contributed by atoms with Crippen LogP contribution in [0.2, 0.25) is 5.02 Å². The van der Waals surface area contributed by atoms with Crippen LogP contribution in [0.5, 0.6) is 0 Å². The van der Waals surface area contributed by atoms with E-state index in [9.17, 15) is 9.59 Å². The fourth-order valence-corrected chi connectivity index (χ4v) is 4.70. The molecule has 7 nitrogen and oxygen atoms in total. The summed E-state index contributed by atoms with van der Waals surface area (Å²) in [5.41, 5.74) is 3.36. The maximum Gasteiger partial charge on any atom is 0.276 e. The van der Waals surface area contributed by atoms with Crippen molar-refractivity contribution in [1.82, 2.24) is 20.4 Å². The second-order valence-corrected chi connectivity index (χ2v) is 9.99. The third kappa shape index (κ3) is 6.69. The first-order valence-electron chi connectivity index (χ1n) is 12.2. The van der Waals surface area contributed by atoms with Crippen LogP contribution in [0.15, 0.2) is 41.2 Å². The van der Waals surface area contributed by atoms with Crippen molar-refractivity contribution in [2.75, 3.05) is 33.9 Å². The van der Waals surface area contributed by atoms with Gasteiger partial charge in [0, 0.05) is 24.8 Å². The van der Waals surface area contributed by atoms with Crippen LogP contribution >= 0.6 is 11.6 Å². The second-order valence-electron chi connectivity index (χ2n) is 9.55. The van der Waals surface area contributed by atoms with E-state index in [1.54, 1.807) is 12.1 Å². The van der Waals surface area contributed by atoms with Crippen molar-refractivity contribution in [3.8, 4) is 0 Å². The first-order valence-corrected chi connectivity index (χ1v) is 12.6. The number of rotatable bonds is 9. The van der Waals surface area contributed by atoms with E-state index in [1.165, 1.54) is 0 Å². The number of hydrogen-bond acceptors (Lipinski definition) is 5. The molecule has 0 spiro atoms. The SMILES string of the molecule is CN(C)CCCc1cc(CC2CCOCC2)cc2c(=O)c(C(=O)NCc3ccc(Cl)cc3)n[nH]c12. The second kappa shape index (κ2) is 11.8. The normalized spacial score (nSPS) is 14.5. The van der Waals surface area contributed by atoms with Crippen molar-refractivity contribution in [3.05, 3.63) is 74.0 Å². The summed E-state index contributed by atoms with van der Waals surface area (Å²) in [6.45, 7) is 2.82. The summed E-state index contributed by atoms with van der Waals surface area (Å²) in [6.07, 6.45) is 4.75. The predicted octanol–water partition coefficient (Wildman–Crippen LogP) is 3.97. The summed E-state index contributed by atoms with van der Waals surface area (Å²) in [7, 11) is 4.11. The average Bonchev–Trinajstić information content (AvgIpc) is 2.84. The molecule has 2 heterocycles. The lowest BCUT2D eigenvalue weighted by atomic mass is 9.90. The molecule has 1 aliphatic heterocycles. The lowest BCUT2D eigenvalue weighted by Crippen LogP contribution is -2.30. The number of amides is 1. The van der Waals surface area contributed by atoms with Gasteiger partial charge in [-0.1, -0.05) is 29.8 Å². The Bertz CT molecular complexity index is 1220. The molecule has 0 bridgehead atoms. The standard InChI is InChI=1S/C27H33ClN4O3/c1-32(2)11-3-4-21-15-20(14-18-9-12-35-13-10-18)16-23-24(21)30-31-25(26(23)33)27(34)29-17-19-5-7-22(28)8-6-19/h5-8,15-16,18H,3-4,9-14,17H2,1-2H3,(H,29,34)(H,30,33).